The molecule has 0 aliphatic carbocycles. The van der Waals surface area contributed by atoms with Crippen molar-refractivity contribution >= 4 is 5.91 Å². The number of hydrogen-bond donors (Lipinski definition) is 2. The smallest absolute Gasteiger partial charge is 0.272 e. The molecule has 2 N–H and O–H groups in total. The number of amides is 1. The highest BCUT2D eigenvalue weighted by atomic mass is 16.2. The van der Waals surface area contributed by atoms with E-state index >= 15 is 0 Å². The Balaban J connectivity index is 1.75. The van der Waals surface area contributed by atoms with Gasteiger partial charge in [-0.3, -0.25) is 4.79 Å². The molecule has 0 radical (unpaired) electrons. The standard InChI is InChI=1S/C12H18N4O/c17-12(10-7-13-8-15-10)16-6-2-4-11(16)9-3-1-5-14-9/h7-9,11,14H,1-6H2,(H,13,15). The summed E-state index contributed by atoms with van der Waals surface area (Å²) in [6.45, 7) is 1.97. The zero-order valence-electron chi connectivity index (χ0n) is 9.85. The number of hydrogen-bond acceptors (Lipinski definition) is 3. The average molecular weight is 234 g/mol. The van der Waals surface area contributed by atoms with Gasteiger partial charge >= 0.3 is 0 Å². The summed E-state index contributed by atoms with van der Waals surface area (Å²) in [6.07, 6.45) is 7.83. The third-order valence-corrected chi connectivity index (χ3v) is 3.85. The van der Waals surface area contributed by atoms with Crippen LogP contribution in [-0.2, 0) is 0 Å². The molecule has 3 rings (SSSR count). The molecular weight excluding hydrogens is 216 g/mol. The van der Waals surface area contributed by atoms with Gasteiger partial charge in [0.15, 0.2) is 0 Å². The third kappa shape index (κ3) is 1.95. The number of nitrogens with zero attached hydrogens (tertiary/aromatic N) is 2. The number of carbonyl (C=O) groups excluding carboxylic acids is 1. The highest BCUT2D eigenvalue weighted by Gasteiger charge is 2.36. The van der Waals surface area contributed by atoms with E-state index in [1.54, 1.807) is 12.5 Å². The molecule has 2 atom stereocenters. The lowest BCUT2D eigenvalue weighted by atomic mass is 10.0. The molecule has 92 valence electrons. The second kappa shape index (κ2) is 4.49. The fourth-order valence-electron chi connectivity index (χ4n) is 3.03. The van der Waals surface area contributed by atoms with Crippen molar-refractivity contribution in [2.75, 3.05) is 13.1 Å². The summed E-state index contributed by atoms with van der Waals surface area (Å²) in [5.41, 5.74) is 0.606. The summed E-state index contributed by atoms with van der Waals surface area (Å²) in [5.74, 6) is 0.0960. The number of aromatic nitrogens is 2. The van der Waals surface area contributed by atoms with Crippen molar-refractivity contribution in [3.8, 4) is 0 Å². The van der Waals surface area contributed by atoms with Crippen molar-refractivity contribution in [2.45, 2.75) is 37.8 Å². The molecule has 2 fully saturated rings. The predicted molar refractivity (Wildman–Crippen MR) is 63.7 cm³/mol. The number of carbonyl (C=O) groups is 1. The van der Waals surface area contributed by atoms with Crippen LogP contribution in [0.3, 0.4) is 0 Å². The molecule has 2 aliphatic heterocycles. The summed E-state index contributed by atoms with van der Waals surface area (Å²) in [4.78, 5) is 21.1. The van der Waals surface area contributed by atoms with Gasteiger partial charge in [0, 0.05) is 18.6 Å². The molecule has 1 aromatic heterocycles. The van der Waals surface area contributed by atoms with Crippen molar-refractivity contribution in [3.63, 3.8) is 0 Å². The largest absolute Gasteiger partial charge is 0.341 e. The van der Waals surface area contributed by atoms with Crippen LogP contribution < -0.4 is 5.32 Å². The molecule has 2 saturated heterocycles. The van der Waals surface area contributed by atoms with E-state index in [1.807, 2.05) is 4.90 Å². The van der Waals surface area contributed by atoms with Gasteiger partial charge in [0.2, 0.25) is 0 Å². The molecular formula is C12H18N4O. The zero-order valence-corrected chi connectivity index (χ0v) is 9.85. The van der Waals surface area contributed by atoms with E-state index in [9.17, 15) is 4.79 Å². The van der Waals surface area contributed by atoms with Crippen LogP contribution in [0.25, 0.3) is 0 Å². The Bertz CT molecular complexity index is 383. The lowest BCUT2D eigenvalue weighted by Gasteiger charge is -2.29. The molecule has 1 aromatic rings. The Morgan fingerprint density at radius 2 is 2.35 bits per heavy atom. The van der Waals surface area contributed by atoms with E-state index in [2.05, 4.69) is 15.3 Å². The van der Waals surface area contributed by atoms with Crippen LogP contribution in [0.2, 0.25) is 0 Å². The van der Waals surface area contributed by atoms with Gasteiger partial charge in [-0.1, -0.05) is 0 Å². The van der Waals surface area contributed by atoms with Crippen LogP contribution in [0, 0.1) is 0 Å². The van der Waals surface area contributed by atoms with Crippen molar-refractivity contribution in [1.82, 2.24) is 20.2 Å². The molecule has 0 saturated carbocycles. The molecule has 3 heterocycles. The first-order chi connectivity index (χ1) is 8.36. The second-order valence-corrected chi connectivity index (χ2v) is 4.88. The van der Waals surface area contributed by atoms with Crippen LogP contribution in [-0.4, -0.2) is 45.9 Å². The van der Waals surface area contributed by atoms with Gasteiger partial charge in [0.25, 0.3) is 5.91 Å². The van der Waals surface area contributed by atoms with E-state index < -0.39 is 0 Å². The van der Waals surface area contributed by atoms with Gasteiger partial charge in [-0.2, -0.15) is 0 Å². The Kier molecular flexibility index (Phi) is 2.84. The van der Waals surface area contributed by atoms with Gasteiger partial charge in [-0.15, -0.1) is 0 Å². The number of imidazole rings is 1. The van der Waals surface area contributed by atoms with Crippen molar-refractivity contribution in [3.05, 3.63) is 18.2 Å². The van der Waals surface area contributed by atoms with Gasteiger partial charge in [0.05, 0.1) is 12.5 Å². The quantitative estimate of drug-likeness (QED) is 0.794. The average Bonchev–Trinajstić information content (AvgIpc) is 3.09. The zero-order chi connectivity index (χ0) is 11.7. The first kappa shape index (κ1) is 10.8. The Morgan fingerprint density at radius 3 is 3.06 bits per heavy atom. The number of H-pyrrole nitrogens is 1. The molecule has 2 unspecified atom stereocenters. The molecule has 0 aromatic carbocycles. The van der Waals surface area contributed by atoms with Crippen LogP contribution in [0.15, 0.2) is 12.5 Å². The summed E-state index contributed by atoms with van der Waals surface area (Å²) in [7, 11) is 0. The van der Waals surface area contributed by atoms with Crippen molar-refractivity contribution in [2.24, 2.45) is 0 Å². The molecule has 2 aliphatic rings. The summed E-state index contributed by atoms with van der Waals surface area (Å²) < 4.78 is 0. The Hall–Kier alpha value is -1.36. The van der Waals surface area contributed by atoms with Crippen LogP contribution >= 0.6 is 0 Å². The SMILES string of the molecule is O=C(c1cnc[nH]1)N1CCCC1C1CCCN1. The predicted octanol–water partition coefficient (Wildman–Crippen LogP) is 0.766. The van der Waals surface area contributed by atoms with Crippen molar-refractivity contribution < 1.29 is 4.79 Å². The topological polar surface area (TPSA) is 61.0 Å². The first-order valence-corrected chi connectivity index (χ1v) is 6.39. The number of likely N-dealkylation sites (tertiary alicyclic amines) is 1. The molecule has 5 heteroatoms. The van der Waals surface area contributed by atoms with Gasteiger partial charge < -0.3 is 15.2 Å². The van der Waals surface area contributed by atoms with E-state index in [0.717, 1.165) is 25.9 Å². The molecule has 1 amide bonds. The number of rotatable bonds is 2. The van der Waals surface area contributed by atoms with E-state index in [-0.39, 0.29) is 5.91 Å². The maximum Gasteiger partial charge on any atom is 0.272 e. The Morgan fingerprint density at radius 1 is 1.41 bits per heavy atom. The van der Waals surface area contributed by atoms with Crippen LogP contribution in [0.5, 0.6) is 0 Å². The number of aromatic amines is 1. The van der Waals surface area contributed by atoms with Gasteiger partial charge in [0.1, 0.15) is 5.69 Å². The second-order valence-electron chi connectivity index (χ2n) is 4.88. The minimum absolute atomic E-state index is 0.0960. The maximum atomic E-state index is 12.3. The minimum Gasteiger partial charge on any atom is -0.341 e. The highest BCUT2D eigenvalue weighted by molar-refractivity contribution is 5.92. The maximum absolute atomic E-state index is 12.3. The third-order valence-electron chi connectivity index (χ3n) is 3.85. The molecule has 17 heavy (non-hydrogen) atoms. The normalized spacial score (nSPS) is 28.8. The van der Waals surface area contributed by atoms with Crippen molar-refractivity contribution in [1.29, 1.82) is 0 Å². The van der Waals surface area contributed by atoms with Gasteiger partial charge in [-0.05, 0) is 32.2 Å². The number of nitrogens with one attached hydrogen (secondary N) is 2. The molecule has 0 bridgehead atoms. The highest BCUT2D eigenvalue weighted by Crippen LogP contribution is 2.25. The fourth-order valence-corrected chi connectivity index (χ4v) is 3.03. The minimum atomic E-state index is 0.0960. The first-order valence-electron chi connectivity index (χ1n) is 6.39. The van der Waals surface area contributed by atoms with Crippen LogP contribution in [0.4, 0.5) is 0 Å². The Labute approximate surface area is 101 Å². The molecule has 5 nitrogen and oxygen atoms in total. The lowest BCUT2D eigenvalue weighted by Crippen LogP contribution is -2.46. The van der Waals surface area contributed by atoms with Gasteiger partial charge in [-0.25, -0.2) is 4.98 Å². The lowest BCUT2D eigenvalue weighted by molar-refractivity contribution is 0.0706. The molecule has 0 spiro atoms. The monoisotopic (exact) mass is 234 g/mol. The van der Waals surface area contributed by atoms with E-state index in [1.165, 1.54) is 12.8 Å². The van der Waals surface area contributed by atoms with Crippen LogP contribution in [0.1, 0.15) is 36.2 Å². The van der Waals surface area contributed by atoms with E-state index in [0.29, 0.717) is 17.8 Å². The summed E-state index contributed by atoms with van der Waals surface area (Å²) >= 11 is 0. The van der Waals surface area contributed by atoms with E-state index in [4.69, 9.17) is 0 Å². The fraction of sp³-hybridized carbons (Fsp3) is 0.667. The summed E-state index contributed by atoms with van der Waals surface area (Å²) in [5, 5.41) is 3.51. The summed E-state index contributed by atoms with van der Waals surface area (Å²) in [6, 6.07) is 0.859.